The highest BCUT2D eigenvalue weighted by molar-refractivity contribution is 5.45. The summed E-state index contributed by atoms with van der Waals surface area (Å²) in [6, 6.07) is 12.5. The normalized spacial score (nSPS) is 10.5. The number of hydrogen-bond donors (Lipinski definition) is 1. The van der Waals surface area contributed by atoms with Crippen molar-refractivity contribution in [1.82, 2.24) is 0 Å². The van der Waals surface area contributed by atoms with Crippen molar-refractivity contribution in [3.63, 3.8) is 0 Å². The van der Waals surface area contributed by atoms with Gasteiger partial charge >= 0.3 is 0 Å². The maximum atomic E-state index is 10.0. The van der Waals surface area contributed by atoms with Gasteiger partial charge in [-0.05, 0) is 37.5 Å². The predicted octanol–water partition coefficient (Wildman–Crippen LogP) is 3.91. The molecule has 0 spiro atoms. The maximum absolute atomic E-state index is 10.0. The maximum Gasteiger partial charge on any atom is 0.122 e. The molecule has 0 aliphatic heterocycles. The zero-order valence-corrected chi connectivity index (χ0v) is 10.6. The Bertz CT molecular complexity index is 524. The second-order valence-electron chi connectivity index (χ2n) is 4.75. The van der Waals surface area contributed by atoms with Crippen molar-refractivity contribution in [1.29, 1.82) is 0 Å². The Balaban J connectivity index is 2.32. The van der Waals surface area contributed by atoms with Gasteiger partial charge in [-0.2, -0.15) is 0 Å². The minimum absolute atomic E-state index is 0.427. The first-order chi connectivity index (χ1) is 8.06. The number of hydrogen-bond acceptors (Lipinski definition) is 1. The van der Waals surface area contributed by atoms with E-state index in [1.54, 1.807) is 0 Å². The van der Waals surface area contributed by atoms with Crippen LogP contribution in [0.25, 0.3) is 0 Å². The molecule has 2 rings (SSSR count). The molecule has 88 valence electrons. The summed E-state index contributed by atoms with van der Waals surface area (Å²) in [5, 5.41) is 10.0. The third kappa shape index (κ3) is 2.68. The van der Waals surface area contributed by atoms with Gasteiger partial charge in [-0.1, -0.05) is 47.5 Å². The number of phenols is 1. The Kier molecular flexibility index (Phi) is 3.19. The van der Waals surface area contributed by atoms with Crippen LogP contribution in [0.15, 0.2) is 36.4 Å². The average Bonchev–Trinajstić information content (AvgIpc) is 2.28. The summed E-state index contributed by atoms with van der Waals surface area (Å²) in [5.74, 6) is 0.427. The van der Waals surface area contributed by atoms with E-state index in [2.05, 4.69) is 44.2 Å². The number of benzene rings is 2. The summed E-state index contributed by atoms with van der Waals surface area (Å²) in [4.78, 5) is 0. The van der Waals surface area contributed by atoms with E-state index in [1.807, 2.05) is 13.0 Å². The first kappa shape index (κ1) is 11.7. The molecule has 1 heteroatoms. The van der Waals surface area contributed by atoms with E-state index in [0.717, 1.165) is 17.5 Å². The van der Waals surface area contributed by atoms with Crippen LogP contribution in [0.4, 0.5) is 0 Å². The lowest BCUT2D eigenvalue weighted by Gasteiger charge is -2.09. The molecule has 0 aliphatic carbocycles. The molecular formula is C16H18O. The smallest absolute Gasteiger partial charge is 0.122 e. The van der Waals surface area contributed by atoms with Gasteiger partial charge in [0.05, 0.1) is 0 Å². The summed E-state index contributed by atoms with van der Waals surface area (Å²) >= 11 is 0. The number of phenolic OH excluding ortho intramolecular Hbond substituents is 1. The van der Waals surface area contributed by atoms with E-state index in [0.29, 0.717) is 5.75 Å². The molecule has 1 nitrogen and oxygen atoms in total. The van der Waals surface area contributed by atoms with Crippen LogP contribution in [0.2, 0.25) is 0 Å². The van der Waals surface area contributed by atoms with Gasteiger partial charge in [-0.15, -0.1) is 0 Å². The van der Waals surface area contributed by atoms with Gasteiger partial charge in [0.1, 0.15) is 5.75 Å². The molecule has 0 saturated carbocycles. The fraction of sp³-hybridized carbons (Fsp3) is 0.250. The van der Waals surface area contributed by atoms with E-state index in [9.17, 15) is 5.11 Å². The van der Waals surface area contributed by atoms with E-state index in [-0.39, 0.29) is 0 Å². The lowest BCUT2D eigenvalue weighted by atomic mass is 9.99. The number of aromatic hydroxyl groups is 1. The van der Waals surface area contributed by atoms with Crippen LogP contribution in [0.5, 0.6) is 5.75 Å². The molecule has 1 N–H and O–H groups in total. The number of aryl methyl sites for hydroxylation is 3. The number of rotatable bonds is 2. The molecule has 17 heavy (non-hydrogen) atoms. The standard InChI is InChI=1S/C16H18O/c1-11-4-6-14(7-5-11)10-15-9-12(2)8-13(3)16(15)17/h4-9,17H,10H2,1-3H3. The van der Waals surface area contributed by atoms with Crippen molar-refractivity contribution in [2.45, 2.75) is 27.2 Å². The van der Waals surface area contributed by atoms with Gasteiger partial charge in [-0.3, -0.25) is 0 Å². The minimum atomic E-state index is 0.427. The SMILES string of the molecule is Cc1ccc(Cc2cc(C)cc(C)c2O)cc1. The Hall–Kier alpha value is -1.76. The van der Waals surface area contributed by atoms with E-state index in [4.69, 9.17) is 0 Å². The second kappa shape index (κ2) is 4.62. The highest BCUT2D eigenvalue weighted by Crippen LogP contribution is 2.26. The summed E-state index contributed by atoms with van der Waals surface area (Å²) in [5.41, 5.74) is 5.65. The van der Waals surface area contributed by atoms with Crippen LogP contribution in [0.3, 0.4) is 0 Å². The monoisotopic (exact) mass is 226 g/mol. The zero-order chi connectivity index (χ0) is 12.4. The molecule has 0 fully saturated rings. The van der Waals surface area contributed by atoms with Gasteiger partial charge in [0, 0.05) is 6.42 Å². The van der Waals surface area contributed by atoms with E-state index in [1.165, 1.54) is 16.7 Å². The largest absolute Gasteiger partial charge is 0.507 e. The molecular weight excluding hydrogens is 208 g/mol. The summed E-state index contributed by atoms with van der Waals surface area (Å²) < 4.78 is 0. The Labute approximate surface area is 103 Å². The van der Waals surface area contributed by atoms with Gasteiger partial charge in [0.25, 0.3) is 0 Å². The van der Waals surface area contributed by atoms with Crippen LogP contribution >= 0.6 is 0 Å². The molecule has 0 saturated heterocycles. The molecule has 0 amide bonds. The van der Waals surface area contributed by atoms with Gasteiger partial charge in [-0.25, -0.2) is 0 Å². The Morgan fingerprint density at radius 1 is 0.882 bits per heavy atom. The van der Waals surface area contributed by atoms with Gasteiger partial charge in [0.15, 0.2) is 0 Å². The van der Waals surface area contributed by atoms with Gasteiger partial charge < -0.3 is 5.11 Å². The zero-order valence-electron chi connectivity index (χ0n) is 10.6. The minimum Gasteiger partial charge on any atom is -0.507 e. The lowest BCUT2D eigenvalue weighted by molar-refractivity contribution is 0.465. The van der Waals surface area contributed by atoms with Crippen molar-refractivity contribution in [3.8, 4) is 5.75 Å². The Morgan fingerprint density at radius 2 is 1.53 bits per heavy atom. The summed E-state index contributed by atoms with van der Waals surface area (Å²) in [7, 11) is 0. The fourth-order valence-corrected chi connectivity index (χ4v) is 2.11. The summed E-state index contributed by atoms with van der Waals surface area (Å²) in [6.45, 7) is 6.09. The van der Waals surface area contributed by atoms with Crippen molar-refractivity contribution in [2.75, 3.05) is 0 Å². The average molecular weight is 226 g/mol. The highest BCUT2D eigenvalue weighted by atomic mass is 16.3. The van der Waals surface area contributed by atoms with Crippen molar-refractivity contribution >= 4 is 0 Å². The van der Waals surface area contributed by atoms with Crippen LogP contribution in [-0.2, 0) is 6.42 Å². The Morgan fingerprint density at radius 3 is 2.18 bits per heavy atom. The first-order valence-electron chi connectivity index (χ1n) is 5.91. The van der Waals surface area contributed by atoms with Crippen LogP contribution in [-0.4, -0.2) is 5.11 Å². The molecule has 2 aromatic carbocycles. The molecule has 0 aliphatic rings. The molecule has 0 unspecified atom stereocenters. The van der Waals surface area contributed by atoms with Crippen molar-refractivity contribution < 1.29 is 5.11 Å². The highest BCUT2D eigenvalue weighted by Gasteiger charge is 2.06. The third-order valence-electron chi connectivity index (χ3n) is 3.04. The molecule has 2 aromatic rings. The van der Waals surface area contributed by atoms with Crippen molar-refractivity contribution in [3.05, 3.63) is 64.2 Å². The molecule has 0 bridgehead atoms. The van der Waals surface area contributed by atoms with Crippen LogP contribution in [0.1, 0.15) is 27.8 Å². The summed E-state index contributed by atoms with van der Waals surface area (Å²) in [6.07, 6.45) is 0.786. The van der Waals surface area contributed by atoms with Gasteiger partial charge in [0.2, 0.25) is 0 Å². The van der Waals surface area contributed by atoms with E-state index < -0.39 is 0 Å². The van der Waals surface area contributed by atoms with Crippen LogP contribution in [0, 0.1) is 20.8 Å². The third-order valence-corrected chi connectivity index (χ3v) is 3.04. The lowest BCUT2D eigenvalue weighted by Crippen LogP contribution is -1.92. The second-order valence-corrected chi connectivity index (χ2v) is 4.75. The molecule has 0 heterocycles. The predicted molar refractivity (Wildman–Crippen MR) is 71.6 cm³/mol. The fourth-order valence-electron chi connectivity index (χ4n) is 2.11. The molecule has 0 aromatic heterocycles. The first-order valence-corrected chi connectivity index (χ1v) is 5.91. The molecule has 0 atom stereocenters. The van der Waals surface area contributed by atoms with E-state index >= 15 is 0 Å². The van der Waals surface area contributed by atoms with Crippen LogP contribution < -0.4 is 0 Å². The topological polar surface area (TPSA) is 20.2 Å². The van der Waals surface area contributed by atoms with Crippen molar-refractivity contribution in [2.24, 2.45) is 0 Å². The quantitative estimate of drug-likeness (QED) is 0.823. The molecule has 0 radical (unpaired) electrons.